The van der Waals surface area contributed by atoms with Gasteiger partial charge in [-0.05, 0) is 26.2 Å². The monoisotopic (exact) mass is 283 g/mol. The van der Waals surface area contributed by atoms with Gasteiger partial charge in [0.1, 0.15) is 5.01 Å². The van der Waals surface area contributed by atoms with Gasteiger partial charge in [0.25, 0.3) is 0 Å². The van der Waals surface area contributed by atoms with Gasteiger partial charge in [0, 0.05) is 32.2 Å². The third kappa shape index (κ3) is 2.49. The zero-order valence-corrected chi connectivity index (χ0v) is 12.4. The third-order valence-corrected chi connectivity index (χ3v) is 5.11. The van der Waals surface area contributed by atoms with Crippen molar-refractivity contribution in [1.29, 1.82) is 0 Å². The van der Waals surface area contributed by atoms with Crippen LogP contribution in [0, 0.1) is 12.3 Å². The number of anilines is 1. The Bertz CT molecular complexity index is 435. The second-order valence-corrected chi connectivity index (χ2v) is 6.73. The SMILES string of the molecule is COCC12CCCOC1CCN(c1nnc(C)s1)C2. The molecular weight excluding hydrogens is 262 g/mol. The number of rotatable bonds is 3. The van der Waals surface area contributed by atoms with Crippen LogP contribution in [-0.2, 0) is 9.47 Å². The molecule has 0 amide bonds. The molecule has 2 aliphatic rings. The Hall–Kier alpha value is -0.720. The average molecular weight is 283 g/mol. The van der Waals surface area contributed by atoms with Crippen LogP contribution in [0.2, 0.25) is 0 Å². The Balaban J connectivity index is 1.80. The second-order valence-electron chi connectivity index (χ2n) is 5.57. The maximum atomic E-state index is 5.99. The zero-order valence-electron chi connectivity index (χ0n) is 11.6. The summed E-state index contributed by atoms with van der Waals surface area (Å²) >= 11 is 1.67. The number of hydrogen-bond donors (Lipinski definition) is 0. The molecular formula is C13H21N3O2S. The fourth-order valence-electron chi connectivity index (χ4n) is 3.37. The molecule has 106 valence electrons. The van der Waals surface area contributed by atoms with Crippen LogP contribution in [0.1, 0.15) is 24.3 Å². The number of aromatic nitrogens is 2. The highest BCUT2D eigenvalue weighted by Gasteiger charge is 2.46. The first-order valence-corrected chi connectivity index (χ1v) is 7.71. The topological polar surface area (TPSA) is 47.5 Å². The van der Waals surface area contributed by atoms with Crippen molar-refractivity contribution < 1.29 is 9.47 Å². The van der Waals surface area contributed by atoms with Crippen molar-refractivity contribution in [3.63, 3.8) is 0 Å². The number of piperidine rings is 1. The van der Waals surface area contributed by atoms with E-state index in [0.29, 0.717) is 6.10 Å². The fourth-order valence-corrected chi connectivity index (χ4v) is 4.08. The lowest BCUT2D eigenvalue weighted by molar-refractivity contribution is -0.119. The molecule has 1 aromatic rings. The van der Waals surface area contributed by atoms with Gasteiger partial charge in [-0.2, -0.15) is 0 Å². The van der Waals surface area contributed by atoms with Crippen molar-refractivity contribution in [3.8, 4) is 0 Å². The minimum atomic E-state index is 0.130. The molecule has 5 nitrogen and oxygen atoms in total. The van der Waals surface area contributed by atoms with E-state index in [4.69, 9.17) is 9.47 Å². The van der Waals surface area contributed by atoms with Gasteiger partial charge in [-0.25, -0.2) is 0 Å². The Kier molecular flexibility index (Phi) is 3.73. The van der Waals surface area contributed by atoms with E-state index < -0.39 is 0 Å². The lowest BCUT2D eigenvalue weighted by Gasteiger charge is -2.50. The maximum Gasteiger partial charge on any atom is 0.208 e. The van der Waals surface area contributed by atoms with Gasteiger partial charge >= 0.3 is 0 Å². The third-order valence-electron chi connectivity index (χ3n) is 4.21. The molecule has 2 unspecified atom stereocenters. The van der Waals surface area contributed by atoms with Crippen LogP contribution in [0.15, 0.2) is 0 Å². The number of nitrogens with zero attached hydrogens (tertiary/aromatic N) is 3. The largest absolute Gasteiger partial charge is 0.384 e. The van der Waals surface area contributed by atoms with Crippen molar-refractivity contribution in [2.24, 2.45) is 5.41 Å². The minimum Gasteiger partial charge on any atom is -0.384 e. The van der Waals surface area contributed by atoms with Gasteiger partial charge in [0.15, 0.2) is 0 Å². The summed E-state index contributed by atoms with van der Waals surface area (Å²) in [7, 11) is 1.79. The van der Waals surface area contributed by atoms with Crippen LogP contribution in [-0.4, -0.2) is 49.7 Å². The molecule has 0 aliphatic carbocycles. The van der Waals surface area contributed by atoms with Crippen molar-refractivity contribution in [2.45, 2.75) is 32.3 Å². The minimum absolute atomic E-state index is 0.130. The summed E-state index contributed by atoms with van der Waals surface area (Å²) in [6, 6.07) is 0. The van der Waals surface area contributed by atoms with Crippen LogP contribution in [0.5, 0.6) is 0 Å². The average Bonchev–Trinajstić information content (AvgIpc) is 2.85. The Morgan fingerprint density at radius 1 is 1.53 bits per heavy atom. The highest BCUT2D eigenvalue weighted by atomic mass is 32.1. The Morgan fingerprint density at radius 3 is 3.16 bits per heavy atom. The van der Waals surface area contributed by atoms with E-state index in [0.717, 1.165) is 49.3 Å². The molecule has 0 aromatic carbocycles. The van der Waals surface area contributed by atoms with Gasteiger partial charge in [0.2, 0.25) is 5.13 Å². The van der Waals surface area contributed by atoms with Gasteiger partial charge in [-0.15, -0.1) is 10.2 Å². The summed E-state index contributed by atoms with van der Waals surface area (Å²) in [5.41, 5.74) is 0.130. The second kappa shape index (κ2) is 5.34. The number of ether oxygens (including phenoxy) is 2. The first-order chi connectivity index (χ1) is 9.23. The first kappa shape index (κ1) is 13.3. The molecule has 3 rings (SSSR count). The molecule has 0 radical (unpaired) electrons. The van der Waals surface area contributed by atoms with Crippen LogP contribution >= 0.6 is 11.3 Å². The van der Waals surface area contributed by atoms with Crippen molar-refractivity contribution >= 4 is 16.5 Å². The predicted molar refractivity (Wildman–Crippen MR) is 74.8 cm³/mol. The number of hydrogen-bond acceptors (Lipinski definition) is 6. The van der Waals surface area contributed by atoms with E-state index >= 15 is 0 Å². The van der Waals surface area contributed by atoms with E-state index in [1.807, 2.05) is 6.92 Å². The number of aryl methyl sites for hydroxylation is 1. The highest BCUT2D eigenvalue weighted by molar-refractivity contribution is 7.15. The highest BCUT2D eigenvalue weighted by Crippen LogP contribution is 2.41. The normalized spacial score (nSPS) is 31.3. The van der Waals surface area contributed by atoms with Crippen molar-refractivity contribution in [3.05, 3.63) is 5.01 Å². The Morgan fingerprint density at radius 2 is 2.42 bits per heavy atom. The van der Waals surface area contributed by atoms with Gasteiger partial charge in [0.05, 0.1) is 12.7 Å². The van der Waals surface area contributed by atoms with Gasteiger partial charge < -0.3 is 14.4 Å². The fraction of sp³-hybridized carbons (Fsp3) is 0.846. The van der Waals surface area contributed by atoms with Crippen molar-refractivity contribution in [2.75, 3.05) is 38.3 Å². The number of fused-ring (bicyclic) bond motifs is 1. The van der Waals surface area contributed by atoms with Crippen LogP contribution in [0.4, 0.5) is 5.13 Å². The molecule has 19 heavy (non-hydrogen) atoms. The Labute approximate surface area is 117 Å². The molecule has 2 fully saturated rings. The quantitative estimate of drug-likeness (QED) is 0.847. The van der Waals surface area contributed by atoms with E-state index in [1.165, 1.54) is 6.42 Å². The van der Waals surface area contributed by atoms with Crippen LogP contribution in [0.25, 0.3) is 0 Å². The van der Waals surface area contributed by atoms with E-state index in [-0.39, 0.29) is 5.41 Å². The van der Waals surface area contributed by atoms with E-state index in [9.17, 15) is 0 Å². The molecule has 2 saturated heterocycles. The summed E-state index contributed by atoms with van der Waals surface area (Å²) in [6.07, 6.45) is 3.71. The number of methoxy groups -OCH3 is 1. The molecule has 2 aliphatic heterocycles. The molecule has 0 saturated carbocycles. The smallest absolute Gasteiger partial charge is 0.208 e. The van der Waals surface area contributed by atoms with Crippen molar-refractivity contribution in [1.82, 2.24) is 10.2 Å². The maximum absolute atomic E-state index is 5.99. The predicted octanol–water partition coefficient (Wildman–Crippen LogP) is 1.87. The summed E-state index contributed by atoms with van der Waals surface area (Å²) in [4.78, 5) is 2.36. The molecule has 3 heterocycles. The van der Waals surface area contributed by atoms with Crippen LogP contribution < -0.4 is 4.90 Å². The molecule has 1 aromatic heterocycles. The standard InChI is InChI=1S/C13H21N3O2S/c1-10-14-15-12(19-10)16-6-4-11-13(8-16,9-17-2)5-3-7-18-11/h11H,3-9H2,1-2H3. The lowest BCUT2D eigenvalue weighted by Crippen LogP contribution is -2.57. The van der Waals surface area contributed by atoms with E-state index in [2.05, 4.69) is 15.1 Å². The lowest BCUT2D eigenvalue weighted by atomic mass is 9.73. The summed E-state index contributed by atoms with van der Waals surface area (Å²) in [5, 5.41) is 10.5. The summed E-state index contributed by atoms with van der Waals surface area (Å²) < 4.78 is 11.5. The molecule has 0 bridgehead atoms. The van der Waals surface area contributed by atoms with Gasteiger partial charge in [-0.3, -0.25) is 0 Å². The molecule has 6 heteroatoms. The zero-order chi connectivity index (χ0) is 13.3. The first-order valence-electron chi connectivity index (χ1n) is 6.89. The molecule has 2 atom stereocenters. The molecule has 0 spiro atoms. The summed E-state index contributed by atoms with van der Waals surface area (Å²) in [6.45, 7) is 5.65. The summed E-state index contributed by atoms with van der Waals surface area (Å²) in [5.74, 6) is 0. The molecule has 0 N–H and O–H groups in total. The van der Waals surface area contributed by atoms with E-state index in [1.54, 1.807) is 18.4 Å². The van der Waals surface area contributed by atoms with Gasteiger partial charge in [-0.1, -0.05) is 11.3 Å². The van der Waals surface area contributed by atoms with Crippen LogP contribution in [0.3, 0.4) is 0 Å².